The number of nitrogens with zero attached hydrogens (tertiary/aromatic N) is 2. The molecule has 6 nitrogen and oxygen atoms in total. The fraction of sp³-hybridized carbons (Fsp3) is 0.304. The number of carbonyl (C=O) groups excluding carboxylic acids is 2. The van der Waals surface area contributed by atoms with Gasteiger partial charge in [0.05, 0.1) is 12.8 Å². The Balaban J connectivity index is 1.74. The number of hydrogen-bond acceptors (Lipinski definition) is 5. The summed E-state index contributed by atoms with van der Waals surface area (Å²) in [7, 11) is 1.62. The summed E-state index contributed by atoms with van der Waals surface area (Å²) >= 11 is 1.61. The summed E-state index contributed by atoms with van der Waals surface area (Å²) in [5.41, 5.74) is 1.05. The van der Waals surface area contributed by atoms with Crippen molar-refractivity contribution in [3.05, 3.63) is 82.4 Å². The molecule has 0 spiro atoms. The number of hydrogen-bond donors (Lipinski definition) is 0. The lowest BCUT2D eigenvalue weighted by molar-refractivity contribution is -0.133. The van der Waals surface area contributed by atoms with E-state index in [9.17, 15) is 9.59 Å². The minimum atomic E-state index is -0.291. The van der Waals surface area contributed by atoms with Gasteiger partial charge in [0.25, 0.3) is 5.91 Å². The Morgan fingerprint density at radius 2 is 1.83 bits per heavy atom. The summed E-state index contributed by atoms with van der Waals surface area (Å²) in [4.78, 5) is 30.5. The Hall–Kier alpha value is -2.90. The predicted octanol–water partition coefficient (Wildman–Crippen LogP) is 4.05. The van der Waals surface area contributed by atoms with E-state index in [0.717, 1.165) is 10.4 Å². The van der Waals surface area contributed by atoms with Crippen LogP contribution in [0, 0.1) is 0 Å². The molecule has 0 fully saturated rings. The molecule has 0 N–H and O–H groups in total. The lowest BCUT2D eigenvalue weighted by Crippen LogP contribution is -2.43. The average molecular weight is 427 g/mol. The van der Waals surface area contributed by atoms with E-state index in [-0.39, 0.29) is 24.1 Å². The van der Waals surface area contributed by atoms with Crippen LogP contribution in [0.4, 0.5) is 0 Å². The molecule has 0 bridgehead atoms. The molecule has 3 aromatic rings. The topological polar surface area (TPSA) is 63.0 Å². The molecule has 0 saturated heterocycles. The largest absolute Gasteiger partial charge is 0.459 e. The van der Waals surface area contributed by atoms with E-state index in [1.165, 1.54) is 11.2 Å². The van der Waals surface area contributed by atoms with E-state index in [0.29, 0.717) is 32.7 Å². The van der Waals surface area contributed by atoms with Gasteiger partial charge in [-0.25, -0.2) is 0 Å². The Kier molecular flexibility index (Phi) is 8.23. The monoisotopic (exact) mass is 426 g/mol. The smallest absolute Gasteiger partial charge is 0.290 e. The first-order chi connectivity index (χ1) is 14.7. The van der Waals surface area contributed by atoms with Crippen LogP contribution in [0.3, 0.4) is 0 Å². The van der Waals surface area contributed by atoms with Crippen molar-refractivity contribution in [3.8, 4) is 0 Å². The van der Waals surface area contributed by atoms with Gasteiger partial charge in [0, 0.05) is 31.7 Å². The summed E-state index contributed by atoms with van der Waals surface area (Å²) in [6.07, 6.45) is 2.10. The Bertz CT molecular complexity index is 895. The van der Waals surface area contributed by atoms with Gasteiger partial charge in [-0.15, -0.1) is 11.3 Å². The number of carbonyl (C=O) groups is 2. The van der Waals surface area contributed by atoms with Crippen LogP contribution in [-0.2, 0) is 22.6 Å². The number of rotatable bonds is 11. The van der Waals surface area contributed by atoms with Gasteiger partial charge in [-0.3, -0.25) is 9.59 Å². The molecule has 0 radical (unpaired) electrons. The van der Waals surface area contributed by atoms with E-state index in [4.69, 9.17) is 9.15 Å². The second kappa shape index (κ2) is 11.3. The number of amides is 2. The third-order valence-corrected chi connectivity index (χ3v) is 5.48. The molecule has 1 aromatic carbocycles. The molecule has 0 saturated carbocycles. The highest BCUT2D eigenvalue weighted by Crippen LogP contribution is 2.16. The number of furan rings is 1. The Morgan fingerprint density at radius 3 is 2.50 bits per heavy atom. The molecule has 0 atom stereocenters. The van der Waals surface area contributed by atoms with Crippen LogP contribution >= 0.6 is 11.3 Å². The number of thiophene rings is 1. The van der Waals surface area contributed by atoms with Crippen LogP contribution < -0.4 is 0 Å². The lowest BCUT2D eigenvalue weighted by Gasteiger charge is -2.27. The third kappa shape index (κ3) is 6.30. The minimum absolute atomic E-state index is 0.0124. The molecule has 2 amide bonds. The highest BCUT2D eigenvalue weighted by atomic mass is 32.1. The van der Waals surface area contributed by atoms with Crippen molar-refractivity contribution in [2.75, 3.05) is 26.8 Å². The number of benzene rings is 1. The first-order valence-corrected chi connectivity index (χ1v) is 10.7. The average Bonchev–Trinajstić information content (AvgIpc) is 3.47. The van der Waals surface area contributed by atoms with Gasteiger partial charge in [-0.2, -0.15) is 0 Å². The third-order valence-electron chi connectivity index (χ3n) is 4.62. The van der Waals surface area contributed by atoms with Crippen LogP contribution in [0.15, 0.2) is 70.7 Å². The van der Waals surface area contributed by atoms with Crippen LogP contribution in [0.2, 0.25) is 0 Å². The summed E-state index contributed by atoms with van der Waals surface area (Å²) < 4.78 is 10.4. The van der Waals surface area contributed by atoms with Crippen molar-refractivity contribution in [1.29, 1.82) is 0 Å². The van der Waals surface area contributed by atoms with Gasteiger partial charge >= 0.3 is 0 Å². The molecule has 0 aliphatic rings. The quantitative estimate of drug-likeness (QED) is 0.434. The molecular formula is C23H26N2O4S. The van der Waals surface area contributed by atoms with Gasteiger partial charge in [-0.05, 0) is 35.6 Å². The van der Waals surface area contributed by atoms with Gasteiger partial charge in [-0.1, -0.05) is 36.4 Å². The van der Waals surface area contributed by atoms with E-state index >= 15 is 0 Å². The standard InChI is InChI=1S/C23H26N2O4S/c1-28-13-7-12-24(23(27)21-11-5-14-29-21)18-22(26)25(17-20-10-6-15-30-20)16-19-8-3-2-4-9-19/h2-6,8-11,14-15H,7,12-13,16-18H2,1H3. The molecule has 0 unspecified atom stereocenters. The van der Waals surface area contributed by atoms with Crippen LogP contribution in [-0.4, -0.2) is 48.4 Å². The maximum atomic E-state index is 13.3. The van der Waals surface area contributed by atoms with Crippen molar-refractivity contribution in [1.82, 2.24) is 9.80 Å². The maximum absolute atomic E-state index is 13.3. The molecule has 158 valence electrons. The van der Waals surface area contributed by atoms with Gasteiger partial charge in [0.2, 0.25) is 5.91 Å². The summed E-state index contributed by atoms with van der Waals surface area (Å²) in [6, 6.07) is 17.1. The zero-order chi connectivity index (χ0) is 21.2. The normalized spacial score (nSPS) is 10.7. The Morgan fingerprint density at radius 1 is 1.00 bits per heavy atom. The summed E-state index contributed by atoms with van der Waals surface area (Å²) in [5.74, 6) is -0.169. The fourth-order valence-corrected chi connectivity index (χ4v) is 3.82. The highest BCUT2D eigenvalue weighted by molar-refractivity contribution is 7.09. The molecule has 0 aliphatic carbocycles. The van der Waals surface area contributed by atoms with Gasteiger partial charge in [0.15, 0.2) is 5.76 Å². The molecule has 7 heteroatoms. The van der Waals surface area contributed by atoms with Crippen molar-refractivity contribution in [2.24, 2.45) is 0 Å². The van der Waals surface area contributed by atoms with Gasteiger partial charge < -0.3 is 19.0 Å². The first kappa shape index (κ1) is 21.8. The lowest BCUT2D eigenvalue weighted by atomic mass is 10.2. The van der Waals surface area contributed by atoms with Crippen molar-refractivity contribution in [2.45, 2.75) is 19.5 Å². The van der Waals surface area contributed by atoms with Crippen LogP contribution in [0.25, 0.3) is 0 Å². The van der Waals surface area contributed by atoms with Crippen molar-refractivity contribution < 1.29 is 18.7 Å². The minimum Gasteiger partial charge on any atom is -0.459 e. The van der Waals surface area contributed by atoms with Crippen molar-refractivity contribution in [3.63, 3.8) is 0 Å². The van der Waals surface area contributed by atoms with Crippen LogP contribution in [0.5, 0.6) is 0 Å². The number of ether oxygens (including phenoxy) is 1. The molecule has 2 aromatic heterocycles. The second-order valence-electron chi connectivity index (χ2n) is 6.87. The molecular weight excluding hydrogens is 400 g/mol. The second-order valence-corrected chi connectivity index (χ2v) is 7.90. The summed E-state index contributed by atoms with van der Waals surface area (Å²) in [5, 5.41) is 2.00. The maximum Gasteiger partial charge on any atom is 0.290 e. The molecule has 3 rings (SSSR count). The van der Waals surface area contributed by atoms with Crippen molar-refractivity contribution >= 4 is 23.2 Å². The summed E-state index contributed by atoms with van der Waals surface area (Å²) in [6.45, 7) is 1.91. The van der Waals surface area contributed by atoms with E-state index in [2.05, 4.69) is 0 Å². The number of methoxy groups -OCH3 is 1. The zero-order valence-electron chi connectivity index (χ0n) is 17.0. The fourth-order valence-electron chi connectivity index (χ4n) is 3.10. The van der Waals surface area contributed by atoms with Gasteiger partial charge in [0.1, 0.15) is 6.54 Å². The SMILES string of the molecule is COCCCN(CC(=O)N(Cc1ccccc1)Cc1cccs1)C(=O)c1ccco1. The Labute approximate surface area is 180 Å². The van der Waals surface area contributed by atoms with E-state index in [1.54, 1.807) is 35.5 Å². The molecule has 30 heavy (non-hydrogen) atoms. The first-order valence-electron chi connectivity index (χ1n) is 9.83. The predicted molar refractivity (Wildman–Crippen MR) is 116 cm³/mol. The molecule has 0 aliphatic heterocycles. The van der Waals surface area contributed by atoms with E-state index in [1.807, 2.05) is 47.8 Å². The van der Waals surface area contributed by atoms with E-state index < -0.39 is 0 Å². The zero-order valence-corrected chi connectivity index (χ0v) is 17.8. The highest BCUT2D eigenvalue weighted by Gasteiger charge is 2.24. The van der Waals surface area contributed by atoms with Crippen LogP contribution in [0.1, 0.15) is 27.4 Å². The molecule has 2 heterocycles.